The first-order valence-electron chi connectivity index (χ1n) is 6.66. The average Bonchev–Trinajstić information content (AvgIpc) is 2.30. The van der Waals surface area contributed by atoms with E-state index in [0.29, 0.717) is 4.83 Å². The van der Waals surface area contributed by atoms with Gasteiger partial charge in [0.05, 0.1) is 0 Å². The normalized spacial score (nSPS) is 13.9. The lowest BCUT2D eigenvalue weighted by molar-refractivity contribution is 0.0595. The standard InChI is InChI=1S/C12H27BrO3Si/c1-5-8-14-17(11-12(4)13,15-9-6-2)16-10-7-3/h12H,5-11H2,1-4H3. The number of rotatable bonds is 11. The molecule has 1 unspecified atom stereocenters. The Morgan fingerprint density at radius 1 is 0.882 bits per heavy atom. The molecule has 0 aromatic rings. The van der Waals surface area contributed by atoms with Crippen molar-refractivity contribution < 1.29 is 13.3 Å². The Bertz CT molecular complexity index is 157. The van der Waals surface area contributed by atoms with Gasteiger partial charge in [0.15, 0.2) is 0 Å². The molecule has 0 aliphatic heterocycles. The van der Waals surface area contributed by atoms with E-state index in [0.717, 1.165) is 45.1 Å². The molecular weight excluding hydrogens is 300 g/mol. The molecule has 0 bridgehead atoms. The van der Waals surface area contributed by atoms with Crippen LogP contribution in [0.2, 0.25) is 6.04 Å². The van der Waals surface area contributed by atoms with Gasteiger partial charge in [0.25, 0.3) is 0 Å². The van der Waals surface area contributed by atoms with Gasteiger partial charge in [-0.2, -0.15) is 0 Å². The average molecular weight is 327 g/mol. The molecule has 0 rings (SSSR count). The smallest absolute Gasteiger partial charge is 0.373 e. The maximum absolute atomic E-state index is 5.96. The van der Waals surface area contributed by atoms with Crippen molar-refractivity contribution in [2.45, 2.75) is 57.8 Å². The Morgan fingerprint density at radius 3 is 1.47 bits per heavy atom. The van der Waals surface area contributed by atoms with Gasteiger partial charge in [-0.05, 0) is 19.3 Å². The SMILES string of the molecule is CCCO[Si](CC(C)Br)(OCCC)OCCC. The van der Waals surface area contributed by atoms with Crippen molar-refractivity contribution in [3.8, 4) is 0 Å². The predicted octanol–water partition coefficient (Wildman–Crippen LogP) is 3.99. The number of halogens is 1. The highest BCUT2D eigenvalue weighted by Gasteiger charge is 2.41. The largest absolute Gasteiger partial charge is 0.502 e. The minimum absolute atomic E-state index is 0.361. The van der Waals surface area contributed by atoms with E-state index in [-0.39, 0.29) is 0 Å². The first kappa shape index (κ1) is 17.6. The van der Waals surface area contributed by atoms with Gasteiger partial charge in [-0.1, -0.05) is 43.6 Å². The van der Waals surface area contributed by atoms with Crippen molar-refractivity contribution in [1.82, 2.24) is 0 Å². The van der Waals surface area contributed by atoms with Gasteiger partial charge in [-0.15, -0.1) is 0 Å². The Morgan fingerprint density at radius 2 is 1.24 bits per heavy atom. The van der Waals surface area contributed by atoms with E-state index in [1.54, 1.807) is 0 Å². The Labute approximate surface area is 116 Å². The molecule has 0 radical (unpaired) electrons. The monoisotopic (exact) mass is 326 g/mol. The molecule has 0 amide bonds. The van der Waals surface area contributed by atoms with Crippen LogP contribution in [-0.4, -0.2) is 33.5 Å². The molecule has 104 valence electrons. The second kappa shape index (κ2) is 10.5. The van der Waals surface area contributed by atoms with E-state index in [2.05, 4.69) is 43.6 Å². The molecule has 0 N–H and O–H groups in total. The van der Waals surface area contributed by atoms with Gasteiger partial charge in [-0.25, -0.2) is 0 Å². The fourth-order valence-electron chi connectivity index (χ4n) is 1.42. The van der Waals surface area contributed by atoms with Crippen LogP contribution in [0.1, 0.15) is 47.0 Å². The quantitative estimate of drug-likeness (QED) is 0.424. The van der Waals surface area contributed by atoms with Crippen molar-refractivity contribution in [3.63, 3.8) is 0 Å². The van der Waals surface area contributed by atoms with Crippen LogP contribution in [0.4, 0.5) is 0 Å². The van der Waals surface area contributed by atoms with Gasteiger partial charge in [0.1, 0.15) is 0 Å². The summed E-state index contributed by atoms with van der Waals surface area (Å²) in [6.07, 6.45) is 2.99. The molecule has 17 heavy (non-hydrogen) atoms. The summed E-state index contributed by atoms with van der Waals surface area (Å²) in [6.45, 7) is 10.6. The summed E-state index contributed by atoms with van der Waals surface area (Å²) in [5.74, 6) is 0. The Kier molecular flexibility index (Phi) is 10.9. The van der Waals surface area contributed by atoms with Gasteiger partial charge < -0.3 is 13.3 Å². The zero-order chi connectivity index (χ0) is 13.1. The highest BCUT2D eigenvalue weighted by molar-refractivity contribution is 9.09. The van der Waals surface area contributed by atoms with Crippen LogP contribution in [0.3, 0.4) is 0 Å². The molecular formula is C12H27BrO3Si. The van der Waals surface area contributed by atoms with Crippen LogP contribution in [0, 0.1) is 0 Å². The molecule has 0 saturated heterocycles. The molecule has 0 heterocycles. The van der Waals surface area contributed by atoms with Gasteiger partial charge in [0.2, 0.25) is 0 Å². The van der Waals surface area contributed by atoms with Crippen LogP contribution >= 0.6 is 15.9 Å². The summed E-state index contributed by atoms with van der Waals surface area (Å²) < 4.78 is 17.9. The summed E-state index contributed by atoms with van der Waals surface area (Å²) >= 11 is 3.58. The predicted molar refractivity (Wildman–Crippen MR) is 77.7 cm³/mol. The first-order valence-corrected chi connectivity index (χ1v) is 9.50. The zero-order valence-corrected chi connectivity index (χ0v) is 14.2. The minimum Gasteiger partial charge on any atom is -0.373 e. The fourth-order valence-corrected chi connectivity index (χ4v) is 5.45. The zero-order valence-electron chi connectivity index (χ0n) is 11.6. The number of hydrogen-bond donors (Lipinski definition) is 0. The second-order valence-corrected chi connectivity index (χ2v) is 8.42. The molecule has 0 aliphatic rings. The van der Waals surface area contributed by atoms with Crippen LogP contribution < -0.4 is 0 Å². The molecule has 0 spiro atoms. The molecule has 0 aliphatic carbocycles. The van der Waals surface area contributed by atoms with Crippen LogP contribution in [-0.2, 0) is 13.3 Å². The Balaban J connectivity index is 4.51. The van der Waals surface area contributed by atoms with E-state index in [1.165, 1.54) is 0 Å². The highest BCUT2D eigenvalue weighted by atomic mass is 79.9. The molecule has 3 nitrogen and oxygen atoms in total. The molecule has 0 fully saturated rings. The lowest BCUT2D eigenvalue weighted by atomic mass is 10.5. The lowest BCUT2D eigenvalue weighted by Gasteiger charge is -2.30. The van der Waals surface area contributed by atoms with Gasteiger partial charge >= 0.3 is 8.80 Å². The third-order valence-electron chi connectivity index (χ3n) is 2.11. The maximum atomic E-state index is 5.96. The number of hydrogen-bond acceptors (Lipinski definition) is 3. The number of alkyl halides is 1. The Hall–Kier alpha value is 0.577. The van der Waals surface area contributed by atoms with E-state index in [4.69, 9.17) is 13.3 Å². The summed E-state index contributed by atoms with van der Waals surface area (Å²) in [7, 11) is -2.47. The van der Waals surface area contributed by atoms with Crippen molar-refractivity contribution in [1.29, 1.82) is 0 Å². The maximum Gasteiger partial charge on any atom is 0.502 e. The second-order valence-electron chi connectivity index (χ2n) is 4.21. The summed E-state index contributed by atoms with van der Waals surface area (Å²) in [5, 5.41) is 0. The molecule has 0 saturated carbocycles. The fraction of sp³-hybridized carbons (Fsp3) is 1.00. The van der Waals surface area contributed by atoms with E-state index < -0.39 is 8.80 Å². The third-order valence-corrected chi connectivity index (χ3v) is 6.08. The molecule has 0 aromatic heterocycles. The van der Waals surface area contributed by atoms with E-state index >= 15 is 0 Å². The summed E-state index contributed by atoms with van der Waals surface area (Å²) in [6, 6.07) is 0.840. The van der Waals surface area contributed by atoms with Crippen molar-refractivity contribution in [2.24, 2.45) is 0 Å². The van der Waals surface area contributed by atoms with E-state index in [1.807, 2.05) is 0 Å². The topological polar surface area (TPSA) is 27.7 Å². The van der Waals surface area contributed by atoms with Crippen molar-refractivity contribution in [2.75, 3.05) is 19.8 Å². The molecule has 1 atom stereocenters. The molecule has 0 aromatic carbocycles. The summed E-state index contributed by atoms with van der Waals surface area (Å²) in [5.41, 5.74) is 0. The van der Waals surface area contributed by atoms with E-state index in [9.17, 15) is 0 Å². The van der Waals surface area contributed by atoms with Gasteiger partial charge in [0, 0.05) is 30.7 Å². The van der Waals surface area contributed by atoms with Crippen LogP contribution in [0.5, 0.6) is 0 Å². The molecule has 5 heteroatoms. The van der Waals surface area contributed by atoms with Crippen LogP contribution in [0.25, 0.3) is 0 Å². The first-order chi connectivity index (χ1) is 8.10. The lowest BCUT2D eigenvalue weighted by Crippen LogP contribution is -2.48. The van der Waals surface area contributed by atoms with Crippen molar-refractivity contribution in [3.05, 3.63) is 0 Å². The van der Waals surface area contributed by atoms with Crippen LogP contribution in [0.15, 0.2) is 0 Å². The summed E-state index contributed by atoms with van der Waals surface area (Å²) in [4.78, 5) is 0.361. The van der Waals surface area contributed by atoms with Gasteiger partial charge in [-0.3, -0.25) is 0 Å². The van der Waals surface area contributed by atoms with Crippen molar-refractivity contribution >= 4 is 24.7 Å². The highest BCUT2D eigenvalue weighted by Crippen LogP contribution is 2.22. The minimum atomic E-state index is -2.47. The third kappa shape index (κ3) is 8.32.